The van der Waals surface area contributed by atoms with E-state index in [0.29, 0.717) is 10.6 Å². The van der Waals surface area contributed by atoms with E-state index in [4.69, 9.17) is 16.3 Å². The monoisotopic (exact) mass is 364 g/mol. The Labute approximate surface area is 157 Å². The summed E-state index contributed by atoms with van der Waals surface area (Å²) < 4.78 is 5.09. The summed E-state index contributed by atoms with van der Waals surface area (Å²) in [4.78, 5) is 24.0. The number of ketones is 1. The normalized spacial score (nSPS) is 10.3. The predicted molar refractivity (Wildman–Crippen MR) is 102 cm³/mol. The van der Waals surface area contributed by atoms with Gasteiger partial charge in [0.25, 0.3) is 0 Å². The molecule has 0 atom stereocenters. The van der Waals surface area contributed by atoms with Crippen molar-refractivity contribution in [2.45, 2.75) is 6.42 Å². The fourth-order valence-electron chi connectivity index (χ4n) is 2.55. The van der Waals surface area contributed by atoms with Crippen LogP contribution in [0, 0.1) is 0 Å². The molecule has 0 amide bonds. The summed E-state index contributed by atoms with van der Waals surface area (Å²) in [5, 5.41) is 0.473. The van der Waals surface area contributed by atoms with Crippen molar-refractivity contribution in [2.24, 2.45) is 0 Å². The fourth-order valence-corrected chi connectivity index (χ4v) is 2.74. The second kappa shape index (κ2) is 8.45. The Kier molecular flexibility index (Phi) is 5.82. The molecule has 0 unspecified atom stereocenters. The van der Waals surface area contributed by atoms with Crippen molar-refractivity contribution in [3.05, 3.63) is 95.0 Å². The molecule has 0 radical (unpaired) electrons. The van der Waals surface area contributed by atoms with Crippen LogP contribution in [0.3, 0.4) is 0 Å². The number of hydrogen-bond donors (Lipinski definition) is 0. The number of Topliss-reactive ketones (excluding diaryl/α,β-unsaturated/α-hetero) is 1. The van der Waals surface area contributed by atoms with Gasteiger partial charge in [0.2, 0.25) is 0 Å². The highest BCUT2D eigenvalue weighted by Crippen LogP contribution is 2.19. The zero-order chi connectivity index (χ0) is 18.4. The molecule has 0 heterocycles. The Bertz CT molecular complexity index is 902. The Balaban J connectivity index is 1.54. The minimum Gasteiger partial charge on any atom is -0.457 e. The van der Waals surface area contributed by atoms with E-state index in [9.17, 15) is 9.59 Å². The Morgan fingerprint density at radius 1 is 0.808 bits per heavy atom. The molecule has 3 aromatic rings. The van der Waals surface area contributed by atoms with Gasteiger partial charge >= 0.3 is 5.97 Å². The molecule has 0 aliphatic heterocycles. The first-order valence-electron chi connectivity index (χ1n) is 8.20. The molecule has 0 bridgehead atoms. The van der Waals surface area contributed by atoms with Crippen molar-refractivity contribution in [3.8, 4) is 11.1 Å². The molecule has 3 aromatic carbocycles. The first-order valence-corrected chi connectivity index (χ1v) is 8.58. The van der Waals surface area contributed by atoms with Crippen molar-refractivity contribution >= 4 is 23.4 Å². The molecule has 3 rings (SSSR count). The lowest BCUT2D eigenvalue weighted by Gasteiger charge is -2.06. The van der Waals surface area contributed by atoms with Gasteiger partial charge in [0.05, 0.1) is 6.42 Å². The van der Waals surface area contributed by atoms with Crippen LogP contribution in [0.5, 0.6) is 0 Å². The van der Waals surface area contributed by atoms with Crippen LogP contribution in [-0.4, -0.2) is 18.4 Å². The van der Waals surface area contributed by atoms with Crippen LogP contribution in [0.25, 0.3) is 11.1 Å². The van der Waals surface area contributed by atoms with Crippen molar-refractivity contribution in [3.63, 3.8) is 0 Å². The second-order valence-corrected chi connectivity index (χ2v) is 6.27. The maximum atomic E-state index is 12.0. The van der Waals surface area contributed by atoms with E-state index < -0.39 is 5.97 Å². The third-order valence-electron chi connectivity index (χ3n) is 3.92. The van der Waals surface area contributed by atoms with Gasteiger partial charge in [-0.1, -0.05) is 78.3 Å². The van der Waals surface area contributed by atoms with Crippen LogP contribution in [0.4, 0.5) is 0 Å². The van der Waals surface area contributed by atoms with Crippen molar-refractivity contribution in [1.82, 2.24) is 0 Å². The smallest absolute Gasteiger partial charge is 0.310 e. The van der Waals surface area contributed by atoms with Gasteiger partial charge in [0.1, 0.15) is 0 Å². The molecular weight excluding hydrogens is 348 g/mol. The summed E-state index contributed by atoms with van der Waals surface area (Å²) in [5.74, 6) is -0.715. The molecule has 0 fully saturated rings. The number of ether oxygens (including phenoxy) is 1. The van der Waals surface area contributed by atoms with Gasteiger partial charge in [-0.3, -0.25) is 9.59 Å². The van der Waals surface area contributed by atoms with Crippen LogP contribution in [0.2, 0.25) is 5.02 Å². The average molecular weight is 365 g/mol. The van der Waals surface area contributed by atoms with E-state index in [-0.39, 0.29) is 18.8 Å². The molecule has 4 heteroatoms. The number of halogens is 1. The van der Waals surface area contributed by atoms with E-state index in [1.54, 1.807) is 24.3 Å². The number of carbonyl (C=O) groups is 2. The van der Waals surface area contributed by atoms with Crippen LogP contribution >= 0.6 is 11.6 Å². The van der Waals surface area contributed by atoms with Gasteiger partial charge in [-0.2, -0.15) is 0 Å². The summed E-state index contributed by atoms with van der Waals surface area (Å²) >= 11 is 5.86. The summed E-state index contributed by atoms with van der Waals surface area (Å²) in [6, 6.07) is 24.3. The zero-order valence-corrected chi connectivity index (χ0v) is 14.8. The highest BCUT2D eigenvalue weighted by Gasteiger charge is 2.11. The highest BCUT2D eigenvalue weighted by atomic mass is 35.5. The van der Waals surface area contributed by atoms with E-state index in [2.05, 4.69) is 0 Å². The number of hydrogen-bond acceptors (Lipinski definition) is 3. The largest absolute Gasteiger partial charge is 0.457 e. The fraction of sp³-hybridized carbons (Fsp3) is 0.0909. The number of esters is 1. The number of rotatable bonds is 6. The van der Waals surface area contributed by atoms with Crippen molar-refractivity contribution < 1.29 is 14.3 Å². The molecule has 0 N–H and O–H groups in total. The van der Waals surface area contributed by atoms with Gasteiger partial charge in [-0.15, -0.1) is 0 Å². The van der Waals surface area contributed by atoms with E-state index in [0.717, 1.165) is 16.7 Å². The van der Waals surface area contributed by atoms with Crippen LogP contribution in [0.1, 0.15) is 15.9 Å². The molecule has 0 aromatic heterocycles. The summed E-state index contributed by atoms with van der Waals surface area (Å²) in [5.41, 5.74) is 3.47. The summed E-state index contributed by atoms with van der Waals surface area (Å²) in [7, 11) is 0. The Hall–Kier alpha value is -2.91. The molecule has 130 valence electrons. The van der Waals surface area contributed by atoms with Crippen molar-refractivity contribution in [2.75, 3.05) is 6.61 Å². The first kappa shape index (κ1) is 17.9. The first-order chi connectivity index (χ1) is 12.6. The van der Waals surface area contributed by atoms with Crippen LogP contribution < -0.4 is 0 Å². The molecule has 0 spiro atoms. The lowest BCUT2D eigenvalue weighted by molar-refractivity contribution is -0.141. The quantitative estimate of drug-likeness (QED) is 0.458. The highest BCUT2D eigenvalue weighted by molar-refractivity contribution is 6.31. The van der Waals surface area contributed by atoms with E-state index >= 15 is 0 Å². The van der Waals surface area contributed by atoms with Crippen LogP contribution in [0.15, 0.2) is 78.9 Å². The molecule has 0 aliphatic rings. The van der Waals surface area contributed by atoms with Gasteiger partial charge in [-0.25, -0.2) is 0 Å². The van der Waals surface area contributed by atoms with E-state index in [1.165, 1.54) is 0 Å². The molecule has 26 heavy (non-hydrogen) atoms. The number of carbonyl (C=O) groups excluding carboxylic acids is 2. The van der Waals surface area contributed by atoms with Crippen molar-refractivity contribution in [1.29, 1.82) is 0 Å². The van der Waals surface area contributed by atoms with Gasteiger partial charge in [-0.05, 0) is 28.8 Å². The molecule has 0 saturated heterocycles. The number of benzene rings is 3. The molecular formula is C22H17ClO3. The van der Waals surface area contributed by atoms with Gasteiger partial charge in [0.15, 0.2) is 12.4 Å². The third-order valence-corrected chi connectivity index (χ3v) is 4.16. The summed E-state index contributed by atoms with van der Waals surface area (Å²) in [6.45, 7) is -0.290. The SMILES string of the molecule is O=C(Cc1ccc(-c2ccccc2)cc1)OCC(=O)c1cccc(Cl)c1. The predicted octanol–water partition coefficient (Wildman–Crippen LogP) is 4.98. The molecule has 3 nitrogen and oxygen atoms in total. The maximum absolute atomic E-state index is 12.0. The van der Waals surface area contributed by atoms with Gasteiger partial charge in [0, 0.05) is 10.6 Å². The lowest BCUT2D eigenvalue weighted by Crippen LogP contribution is -2.15. The van der Waals surface area contributed by atoms with Gasteiger partial charge < -0.3 is 4.74 Å². The van der Waals surface area contributed by atoms with Crippen LogP contribution in [-0.2, 0) is 16.0 Å². The Morgan fingerprint density at radius 3 is 2.19 bits per heavy atom. The van der Waals surface area contributed by atoms with E-state index in [1.807, 2.05) is 54.6 Å². The Morgan fingerprint density at radius 2 is 1.50 bits per heavy atom. The minimum absolute atomic E-state index is 0.123. The minimum atomic E-state index is -0.437. The second-order valence-electron chi connectivity index (χ2n) is 5.83. The topological polar surface area (TPSA) is 43.4 Å². The average Bonchev–Trinajstić information content (AvgIpc) is 2.67. The molecule has 0 saturated carbocycles. The third kappa shape index (κ3) is 4.80. The summed E-state index contributed by atoms with van der Waals surface area (Å²) in [6.07, 6.45) is 0.123. The lowest BCUT2D eigenvalue weighted by atomic mass is 10.0. The molecule has 0 aliphatic carbocycles. The maximum Gasteiger partial charge on any atom is 0.310 e. The standard InChI is InChI=1S/C22H17ClO3/c23-20-8-4-7-19(14-20)21(24)15-26-22(25)13-16-9-11-18(12-10-16)17-5-2-1-3-6-17/h1-12,14H,13,15H2. The zero-order valence-electron chi connectivity index (χ0n) is 14.0.